The Morgan fingerprint density at radius 1 is 1.14 bits per heavy atom. The standard InChI is InChI=1S/C13H23Cl/c1-9-4-5-11-8-12(14)6-7-13(11,3)10(9)2/h9-12H,4-8H2,1-3H3/t9-,10+,11-,12+,13+/m0/s1. The summed E-state index contributed by atoms with van der Waals surface area (Å²) in [7, 11) is 0. The Hall–Kier alpha value is 0.290. The van der Waals surface area contributed by atoms with Crippen molar-refractivity contribution in [2.75, 3.05) is 0 Å². The molecule has 0 aromatic rings. The van der Waals surface area contributed by atoms with E-state index < -0.39 is 0 Å². The second-order valence-corrected chi connectivity index (χ2v) is 6.53. The average molecular weight is 215 g/mol. The van der Waals surface area contributed by atoms with Gasteiger partial charge in [-0.1, -0.05) is 27.2 Å². The van der Waals surface area contributed by atoms with Gasteiger partial charge in [0.05, 0.1) is 0 Å². The van der Waals surface area contributed by atoms with Crippen molar-refractivity contribution in [3.8, 4) is 0 Å². The first-order chi connectivity index (χ1) is 6.54. The molecule has 0 saturated heterocycles. The summed E-state index contributed by atoms with van der Waals surface area (Å²) in [6.45, 7) is 7.41. The fourth-order valence-corrected chi connectivity index (χ4v) is 4.10. The topological polar surface area (TPSA) is 0 Å². The number of halogens is 1. The molecule has 0 aliphatic heterocycles. The molecule has 14 heavy (non-hydrogen) atoms. The maximum Gasteiger partial charge on any atom is 0.0339 e. The highest BCUT2D eigenvalue weighted by Crippen LogP contribution is 2.55. The van der Waals surface area contributed by atoms with E-state index in [0.29, 0.717) is 10.8 Å². The summed E-state index contributed by atoms with van der Waals surface area (Å²) >= 11 is 6.28. The Bertz CT molecular complexity index is 213. The summed E-state index contributed by atoms with van der Waals surface area (Å²) in [5.74, 6) is 2.72. The maximum absolute atomic E-state index is 6.28. The molecule has 0 unspecified atom stereocenters. The molecule has 2 aliphatic rings. The molecule has 5 atom stereocenters. The Morgan fingerprint density at radius 2 is 1.86 bits per heavy atom. The van der Waals surface area contributed by atoms with Gasteiger partial charge in [-0.25, -0.2) is 0 Å². The largest absolute Gasteiger partial charge is 0.123 e. The van der Waals surface area contributed by atoms with Gasteiger partial charge in [0, 0.05) is 5.38 Å². The Kier molecular flexibility index (Phi) is 2.85. The van der Waals surface area contributed by atoms with Gasteiger partial charge in [0.25, 0.3) is 0 Å². The summed E-state index contributed by atoms with van der Waals surface area (Å²) in [6.07, 6.45) is 6.72. The summed E-state index contributed by atoms with van der Waals surface area (Å²) in [6, 6.07) is 0. The molecule has 0 bridgehead atoms. The molecule has 0 heterocycles. The fourth-order valence-electron chi connectivity index (χ4n) is 3.78. The van der Waals surface area contributed by atoms with Crippen molar-refractivity contribution in [3.63, 3.8) is 0 Å². The van der Waals surface area contributed by atoms with E-state index in [1.807, 2.05) is 0 Å². The molecule has 0 radical (unpaired) electrons. The van der Waals surface area contributed by atoms with Crippen LogP contribution in [0, 0.1) is 23.2 Å². The van der Waals surface area contributed by atoms with Gasteiger partial charge in [-0.3, -0.25) is 0 Å². The average Bonchev–Trinajstić information content (AvgIpc) is 2.16. The number of hydrogen-bond donors (Lipinski definition) is 0. The van der Waals surface area contributed by atoms with E-state index in [1.54, 1.807) is 0 Å². The first-order valence-corrected chi connectivity index (χ1v) is 6.61. The number of hydrogen-bond acceptors (Lipinski definition) is 0. The molecule has 0 N–H and O–H groups in total. The third-order valence-corrected chi connectivity index (χ3v) is 5.73. The van der Waals surface area contributed by atoms with Crippen LogP contribution in [-0.2, 0) is 0 Å². The molecule has 2 fully saturated rings. The summed E-state index contributed by atoms with van der Waals surface area (Å²) in [4.78, 5) is 0. The van der Waals surface area contributed by atoms with Crippen LogP contribution in [0.2, 0.25) is 0 Å². The van der Waals surface area contributed by atoms with Crippen LogP contribution in [0.1, 0.15) is 52.9 Å². The second kappa shape index (κ2) is 3.70. The molecule has 0 aromatic carbocycles. The second-order valence-electron chi connectivity index (χ2n) is 5.92. The minimum atomic E-state index is 0.466. The van der Waals surface area contributed by atoms with Crippen LogP contribution in [0.15, 0.2) is 0 Å². The highest BCUT2D eigenvalue weighted by Gasteiger charge is 2.47. The first kappa shape index (κ1) is 10.8. The van der Waals surface area contributed by atoms with Crippen LogP contribution >= 0.6 is 11.6 Å². The lowest BCUT2D eigenvalue weighted by atomic mass is 9.53. The Morgan fingerprint density at radius 3 is 2.57 bits per heavy atom. The molecule has 0 amide bonds. The van der Waals surface area contributed by atoms with Crippen LogP contribution in [0.5, 0.6) is 0 Å². The predicted octanol–water partition coefficient (Wildman–Crippen LogP) is 4.47. The van der Waals surface area contributed by atoms with Crippen molar-refractivity contribution >= 4 is 11.6 Å². The number of rotatable bonds is 0. The summed E-state index contributed by atoms with van der Waals surface area (Å²) < 4.78 is 0. The minimum absolute atomic E-state index is 0.466. The van der Waals surface area contributed by atoms with Crippen molar-refractivity contribution in [1.82, 2.24) is 0 Å². The molecule has 2 rings (SSSR count). The predicted molar refractivity (Wildman–Crippen MR) is 62.7 cm³/mol. The third kappa shape index (κ3) is 1.60. The molecular formula is C13H23Cl. The van der Waals surface area contributed by atoms with Gasteiger partial charge in [0.15, 0.2) is 0 Å². The van der Waals surface area contributed by atoms with Gasteiger partial charge >= 0.3 is 0 Å². The molecule has 82 valence electrons. The lowest BCUT2D eigenvalue weighted by Gasteiger charge is -2.53. The summed E-state index contributed by atoms with van der Waals surface area (Å²) in [5, 5.41) is 0.466. The van der Waals surface area contributed by atoms with Gasteiger partial charge in [-0.05, 0) is 48.9 Å². The molecule has 0 aromatic heterocycles. The van der Waals surface area contributed by atoms with Crippen LogP contribution in [0.25, 0.3) is 0 Å². The van der Waals surface area contributed by atoms with E-state index in [9.17, 15) is 0 Å². The van der Waals surface area contributed by atoms with E-state index in [0.717, 1.165) is 17.8 Å². The van der Waals surface area contributed by atoms with Gasteiger partial charge in [0.1, 0.15) is 0 Å². The molecule has 1 heteroatoms. The van der Waals surface area contributed by atoms with Crippen molar-refractivity contribution in [2.45, 2.75) is 58.3 Å². The Labute approximate surface area is 93.4 Å². The van der Waals surface area contributed by atoms with Crippen LogP contribution in [0.3, 0.4) is 0 Å². The fraction of sp³-hybridized carbons (Fsp3) is 1.00. The van der Waals surface area contributed by atoms with Crippen LogP contribution in [-0.4, -0.2) is 5.38 Å². The van der Waals surface area contributed by atoms with E-state index in [4.69, 9.17) is 11.6 Å². The van der Waals surface area contributed by atoms with Crippen LogP contribution < -0.4 is 0 Å². The van der Waals surface area contributed by atoms with Gasteiger partial charge < -0.3 is 0 Å². The van der Waals surface area contributed by atoms with E-state index in [1.165, 1.54) is 32.1 Å². The number of fused-ring (bicyclic) bond motifs is 1. The van der Waals surface area contributed by atoms with E-state index in [-0.39, 0.29) is 0 Å². The van der Waals surface area contributed by atoms with Crippen molar-refractivity contribution < 1.29 is 0 Å². The van der Waals surface area contributed by atoms with Crippen LogP contribution in [0.4, 0.5) is 0 Å². The zero-order valence-corrected chi connectivity index (χ0v) is 10.5. The normalized spacial score (nSPS) is 54.0. The number of alkyl halides is 1. The lowest BCUT2D eigenvalue weighted by Crippen LogP contribution is -2.45. The maximum atomic E-state index is 6.28. The van der Waals surface area contributed by atoms with E-state index in [2.05, 4.69) is 20.8 Å². The highest BCUT2D eigenvalue weighted by atomic mass is 35.5. The molecule has 0 nitrogen and oxygen atoms in total. The van der Waals surface area contributed by atoms with Crippen molar-refractivity contribution in [3.05, 3.63) is 0 Å². The van der Waals surface area contributed by atoms with Crippen molar-refractivity contribution in [2.24, 2.45) is 23.2 Å². The lowest BCUT2D eigenvalue weighted by molar-refractivity contribution is -0.0187. The molecule has 2 aliphatic carbocycles. The zero-order chi connectivity index (χ0) is 10.3. The van der Waals surface area contributed by atoms with Gasteiger partial charge in [-0.15, -0.1) is 11.6 Å². The highest BCUT2D eigenvalue weighted by molar-refractivity contribution is 6.20. The molecule has 2 saturated carbocycles. The Balaban J connectivity index is 2.16. The van der Waals surface area contributed by atoms with Crippen molar-refractivity contribution in [1.29, 1.82) is 0 Å². The molecular weight excluding hydrogens is 192 g/mol. The SMILES string of the molecule is C[C@@H]1[C@@H](C)CC[C@H]2C[C@H](Cl)CC[C@@]21C. The monoisotopic (exact) mass is 214 g/mol. The zero-order valence-electron chi connectivity index (χ0n) is 9.72. The third-order valence-electron chi connectivity index (χ3n) is 5.33. The molecule has 0 spiro atoms. The minimum Gasteiger partial charge on any atom is -0.123 e. The quantitative estimate of drug-likeness (QED) is 0.522. The van der Waals surface area contributed by atoms with E-state index >= 15 is 0 Å². The van der Waals surface area contributed by atoms with Gasteiger partial charge in [-0.2, -0.15) is 0 Å². The van der Waals surface area contributed by atoms with Gasteiger partial charge in [0.2, 0.25) is 0 Å². The first-order valence-electron chi connectivity index (χ1n) is 6.18. The smallest absolute Gasteiger partial charge is 0.0339 e. The summed E-state index contributed by atoms with van der Waals surface area (Å²) in [5.41, 5.74) is 0.600.